The van der Waals surface area contributed by atoms with Gasteiger partial charge in [0.05, 0.1) is 0 Å². The minimum absolute atomic E-state index is 0.315. The third-order valence-corrected chi connectivity index (χ3v) is 3.93. The number of benzene rings is 1. The molecular formula is C16H20O. The van der Waals surface area contributed by atoms with Gasteiger partial charge in [-0.05, 0) is 24.3 Å². The van der Waals surface area contributed by atoms with Gasteiger partial charge in [-0.2, -0.15) is 0 Å². The Morgan fingerprint density at radius 3 is 2.41 bits per heavy atom. The Kier molecular flexibility index (Phi) is 3.86. The Morgan fingerprint density at radius 2 is 1.82 bits per heavy atom. The highest BCUT2D eigenvalue weighted by Gasteiger charge is 2.37. The van der Waals surface area contributed by atoms with Crippen molar-refractivity contribution >= 4 is 0 Å². The maximum absolute atomic E-state index is 11.0. The molecule has 0 heterocycles. The van der Waals surface area contributed by atoms with Crippen LogP contribution in [0.25, 0.3) is 0 Å². The van der Waals surface area contributed by atoms with Gasteiger partial charge in [0.1, 0.15) is 5.60 Å². The third-order valence-electron chi connectivity index (χ3n) is 3.93. The van der Waals surface area contributed by atoms with Crippen LogP contribution >= 0.6 is 0 Å². The summed E-state index contributed by atoms with van der Waals surface area (Å²) in [4.78, 5) is 0. The van der Waals surface area contributed by atoms with Crippen molar-refractivity contribution in [1.82, 2.24) is 0 Å². The Labute approximate surface area is 104 Å². The van der Waals surface area contributed by atoms with E-state index >= 15 is 0 Å². The van der Waals surface area contributed by atoms with Gasteiger partial charge >= 0.3 is 0 Å². The molecule has 1 nitrogen and oxygen atoms in total. The first-order valence-corrected chi connectivity index (χ1v) is 6.49. The van der Waals surface area contributed by atoms with Crippen molar-refractivity contribution in [3.05, 3.63) is 35.9 Å². The maximum atomic E-state index is 11.0. The molecule has 0 aliphatic heterocycles. The number of rotatable bonds is 3. The summed E-state index contributed by atoms with van der Waals surface area (Å²) < 4.78 is 0. The van der Waals surface area contributed by atoms with Crippen LogP contribution < -0.4 is 0 Å². The van der Waals surface area contributed by atoms with Gasteiger partial charge < -0.3 is 5.11 Å². The SMILES string of the molecule is C#CCC(O)(c1ccccc1)C1CCCCC1. The molecule has 1 atom stereocenters. The lowest BCUT2D eigenvalue weighted by Gasteiger charge is -2.38. The second-order valence-corrected chi connectivity index (χ2v) is 5.01. The molecule has 1 aromatic rings. The van der Waals surface area contributed by atoms with Crippen LogP contribution in [0, 0.1) is 18.3 Å². The molecule has 90 valence electrons. The molecule has 1 fully saturated rings. The van der Waals surface area contributed by atoms with Crippen molar-refractivity contribution in [2.24, 2.45) is 5.92 Å². The van der Waals surface area contributed by atoms with Gasteiger partial charge in [0.15, 0.2) is 0 Å². The van der Waals surface area contributed by atoms with Crippen LogP contribution in [0.1, 0.15) is 44.1 Å². The molecule has 1 aromatic carbocycles. The summed E-state index contributed by atoms with van der Waals surface area (Å²) in [5.41, 5.74) is 0.154. The first-order chi connectivity index (χ1) is 8.27. The quantitative estimate of drug-likeness (QED) is 0.785. The molecule has 1 aliphatic rings. The molecule has 1 saturated carbocycles. The van der Waals surface area contributed by atoms with Crippen LogP contribution in [0.15, 0.2) is 30.3 Å². The average Bonchev–Trinajstić information content (AvgIpc) is 2.41. The van der Waals surface area contributed by atoms with Gasteiger partial charge in [-0.3, -0.25) is 0 Å². The number of terminal acetylenes is 1. The molecule has 0 spiro atoms. The predicted octanol–water partition coefficient (Wildman–Crippen LogP) is 3.48. The zero-order chi connectivity index (χ0) is 12.1. The fraction of sp³-hybridized carbons (Fsp3) is 0.500. The lowest BCUT2D eigenvalue weighted by molar-refractivity contribution is -0.0344. The fourth-order valence-corrected chi connectivity index (χ4v) is 2.94. The fourth-order valence-electron chi connectivity index (χ4n) is 2.94. The molecule has 2 rings (SSSR count). The molecule has 0 aromatic heterocycles. The lowest BCUT2D eigenvalue weighted by Crippen LogP contribution is -2.36. The molecule has 1 N–H and O–H groups in total. The van der Waals surface area contributed by atoms with Crippen molar-refractivity contribution in [3.63, 3.8) is 0 Å². The van der Waals surface area contributed by atoms with Crippen LogP contribution in [0.3, 0.4) is 0 Å². The van der Waals surface area contributed by atoms with Crippen molar-refractivity contribution in [3.8, 4) is 12.3 Å². The van der Waals surface area contributed by atoms with E-state index in [-0.39, 0.29) is 0 Å². The van der Waals surface area contributed by atoms with E-state index < -0.39 is 5.60 Å². The van der Waals surface area contributed by atoms with Crippen molar-refractivity contribution in [1.29, 1.82) is 0 Å². The Balaban J connectivity index is 2.28. The van der Waals surface area contributed by atoms with E-state index in [1.807, 2.05) is 30.3 Å². The van der Waals surface area contributed by atoms with Gasteiger partial charge in [-0.25, -0.2) is 0 Å². The molecule has 0 saturated heterocycles. The summed E-state index contributed by atoms with van der Waals surface area (Å²) in [5.74, 6) is 2.97. The van der Waals surface area contributed by atoms with Crippen molar-refractivity contribution in [2.45, 2.75) is 44.1 Å². The van der Waals surface area contributed by atoms with E-state index in [9.17, 15) is 5.11 Å². The van der Waals surface area contributed by atoms with Gasteiger partial charge in [-0.1, -0.05) is 49.6 Å². The van der Waals surface area contributed by atoms with Gasteiger partial charge in [0.2, 0.25) is 0 Å². The second kappa shape index (κ2) is 5.38. The standard InChI is InChI=1S/C16H20O/c1-2-13-16(17,14-9-5-3-6-10-14)15-11-7-4-8-12-15/h1,3,5-6,9-10,15,17H,4,7-8,11-13H2. The van der Waals surface area contributed by atoms with E-state index in [4.69, 9.17) is 6.42 Å². The summed E-state index contributed by atoms with van der Waals surface area (Å²) in [6, 6.07) is 9.90. The Bertz CT molecular complexity index is 384. The van der Waals surface area contributed by atoms with Crippen LogP contribution in [0.2, 0.25) is 0 Å². The minimum atomic E-state index is -0.823. The molecule has 0 bridgehead atoms. The minimum Gasteiger partial charge on any atom is -0.384 e. The van der Waals surface area contributed by atoms with Gasteiger partial charge in [-0.15, -0.1) is 12.3 Å². The Hall–Kier alpha value is -1.26. The van der Waals surface area contributed by atoms with Crippen LogP contribution in [-0.2, 0) is 5.60 Å². The normalized spacial score (nSPS) is 20.5. The average molecular weight is 228 g/mol. The van der Waals surface area contributed by atoms with E-state index in [1.54, 1.807) is 0 Å². The van der Waals surface area contributed by atoms with Crippen LogP contribution in [-0.4, -0.2) is 5.11 Å². The van der Waals surface area contributed by atoms with Gasteiger partial charge in [0.25, 0.3) is 0 Å². The van der Waals surface area contributed by atoms with Crippen molar-refractivity contribution < 1.29 is 5.11 Å². The zero-order valence-corrected chi connectivity index (χ0v) is 10.2. The third kappa shape index (κ3) is 2.53. The highest BCUT2D eigenvalue weighted by molar-refractivity contribution is 5.25. The summed E-state index contributed by atoms with van der Waals surface area (Å²) >= 11 is 0. The first-order valence-electron chi connectivity index (χ1n) is 6.49. The summed E-state index contributed by atoms with van der Waals surface area (Å²) in [5, 5.41) is 11.0. The Morgan fingerprint density at radius 1 is 1.18 bits per heavy atom. The topological polar surface area (TPSA) is 20.2 Å². The van der Waals surface area contributed by atoms with Gasteiger partial charge in [0, 0.05) is 6.42 Å². The van der Waals surface area contributed by atoms with E-state index in [1.165, 1.54) is 19.3 Å². The van der Waals surface area contributed by atoms with Crippen molar-refractivity contribution in [2.75, 3.05) is 0 Å². The lowest BCUT2D eigenvalue weighted by atomic mass is 9.72. The molecular weight excluding hydrogens is 208 g/mol. The van der Waals surface area contributed by atoms with E-state index in [2.05, 4.69) is 5.92 Å². The highest BCUT2D eigenvalue weighted by Crippen LogP contribution is 2.41. The molecule has 1 unspecified atom stereocenters. The number of hydrogen-bond donors (Lipinski definition) is 1. The summed E-state index contributed by atoms with van der Waals surface area (Å²) in [7, 11) is 0. The number of aliphatic hydroxyl groups is 1. The highest BCUT2D eigenvalue weighted by atomic mass is 16.3. The zero-order valence-electron chi connectivity index (χ0n) is 10.2. The van der Waals surface area contributed by atoms with Crippen LogP contribution in [0.5, 0.6) is 0 Å². The largest absolute Gasteiger partial charge is 0.384 e. The molecule has 0 radical (unpaired) electrons. The molecule has 0 amide bonds. The second-order valence-electron chi connectivity index (χ2n) is 5.01. The van der Waals surface area contributed by atoms with E-state index in [0.717, 1.165) is 18.4 Å². The smallest absolute Gasteiger partial charge is 0.103 e. The summed E-state index contributed by atoms with van der Waals surface area (Å²) in [6.45, 7) is 0. The molecule has 17 heavy (non-hydrogen) atoms. The summed E-state index contributed by atoms with van der Waals surface area (Å²) in [6.07, 6.45) is 11.8. The van der Waals surface area contributed by atoms with E-state index in [0.29, 0.717) is 12.3 Å². The predicted molar refractivity (Wildman–Crippen MR) is 70.4 cm³/mol. The number of hydrogen-bond acceptors (Lipinski definition) is 1. The molecule has 1 aliphatic carbocycles. The van der Waals surface area contributed by atoms with Crippen LogP contribution in [0.4, 0.5) is 0 Å². The molecule has 1 heteroatoms. The monoisotopic (exact) mass is 228 g/mol. The first kappa shape index (κ1) is 12.2. The maximum Gasteiger partial charge on any atom is 0.103 e.